The second-order valence-corrected chi connectivity index (χ2v) is 3.36. The molecule has 1 aromatic carbocycles. The van der Waals surface area contributed by atoms with Crippen LogP contribution >= 0.6 is 0 Å². The van der Waals surface area contributed by atoms with E-state index in [1.54, 1.807) is 19.6 Å². The smallest absolute Gasteiger partial charge is 0.131 e. The molecule has 0 unspecified atom stereocenters. The first-order valence-corrected chi connectivity index (χ1v) is 4.88. The van der Waals surface area contributed by atoms with Crippen LogP contribution in [-0.4, -0.2) is 18.9 Å². The summed E-state index contributed by atoms with van der Waals surface area (Å²) in [6.45, 7) is 0.743. The molecular weight excluding hydrogens is 190 g/mol. The molecule has 0 aliphatic rings. The van der Waals surface area contributed by atoms with Gasteiger partial charge in [-0.15, -0.1) is 0 Å². The van der Waals surface area contributed by atoms with Crippen molar-refractivity contribution >= 4 is 0 Å². The molecule has 0 amide bonds. The van der Waals surface area contributed by atoms with Gasteiger partial charge in [0.2, 0.25) is 0 Å². The van der Waals surface area contributed by atoms with Gasteiger partial charge in [0.15, 0.2) is 0 Å². The van der Waals surface area contributed by atoms with E-state index in [-0.39, 0.29) is 0 Å². The molecule has 0 saturated carbocycles. The average molecular weight is 203 g/mol. The predicted octanol–water partition coefficient (Wildman–Crippen LogP) is 2.53. The average Bonchev–Trinajstić information content (AvgIpc) is 2.80. The van der Waals surface area contributed by atoms with Gasteiger partial charge in [-0.1, -0.05) is 29.4 Å². The number of aromatic nitrogens is 1. The van der Waals surface area contributed by atoms with Gasteiger partial charge in [0, 0.05) is 12.7 Å². The summed E-state index contributed by atoms with van der Waals surface area (Å²) >= 11 is 0. The van der Waals surface area contributed by atoms with Crippen molar-refractivity contribution in [3.63, 3.8) is 0 Å². The lowest BCUT2D eigenvalue weighted by atomic mass is 10.0. The van der Waals surface area contributed by atoms with Crippen LogP contribution in [0.4, 0.5) is 0 Å². The molecule has 0 N–H and O–H groups in total. The van der Waals surface area contributed by atoms with Crippen molar-refractivity contribution < 1.29 is 9.26 Å². The van der Waals surface area contributed by atoms with Crippen LogP contribution in [0.25, 0.3) is 11.1 Å². The molecular formula is C12H13NO2. The standard InChI is InChI=1S/C12H13NO2/c1-14-6-5-10-3-2-4-11(7-10)12-8-13-15-9-12/h2-4,7-9H,5-6H2,1H3. The van der Waals surface area contributed by atoms with Crippen LogP contribution in [-0.2, 0) is 11.2 Å². The molecule has 0 fully saturated rings. The molecule has 0 bridgehead atoms. The van der Waals surface area contributed by atoms with Gasteiger partial charge in [-0.25, -0.2) is 0 Å². The van der Waals surface area contributed by atoms with Crippen LogP contribution in [0.15, 0.2) is 41.2 Å². The molecule has 0 aliphatic carbocycles. The Balaban J connectivity index is 2.19. The van der Waals surface area contributed by atoms with Gasteiger partial charge in [0.05, 0.1) is 12.8 Å². The van der Waals surface area contributed by atoms with Crippen LogP contribution in [0.3, 0.4) is 0 Å². The Labute approximate surface area is 88.7 Å². The van der Waals surface area contributed by atoms with Gasteiger partial charge < -0.3 is 9.26 Å². The molecule has 1 heterocycles. The number of benzene rings is 1. The zero-order valence-electron chi connectivity index (χ0n) is 8.64. The molecule has 78 valence electrons. The van der Waals surface area contributed by atoms with Crippen molar-refractivity contribution in [2.45, 2.75) is 6.42 Å². The summed E-state index contributed by atoms with van der Waals surface area (Å²) in [7, 11) is 1.71. The molecule has 0 atom stereocenters. The minimum absolute atomic E-state index is 0.743. The molecule has 2 rings (SSSR count). The van der Waals surface area contributed by atoms with E-state index in [1.807, 2.05) is 12.1 Å². The van der Waals surface area contributed by atoms with E-state index in [1.165, 1.54) is 5.56 Å². The van der Waals surface area contributed by atoms with Crippen molar-refractivity contribution in [1.82, 2.24) is 5.16 Å². The lowest BCUT2D eigenvalue weighted by Crippen LogP contribution is -1.94. The lowest BCUT2D eigenvalue weighted by molar-refractivity contribution is 0.202. The SMILES string of the molecule is COCCc1cccc(-c2cnoc2)c1. The van der Waals surface area contributed by atoms with E-state index in [9.17, 15) is 0 Å². The van der Waals surface area contributed by atoms with Crippen molar-refractivity contribution in [2.24, 2.45) is 0 Å². The highest BCUT2D eigenvalue weighted by molar-refractivity contribution is 5.61. The van der Waals surface area contributed by atoms with Crippen molar-refractivity contribution in [3.05, 3.63) is 42.3 Å². The monoisotopic (exact) mass is 203 g/mol. The van der Waals surface area contributed by atoms with E-state index in [2.05, 4.69) is 17.3 Å². The van der Waals surface area contributed by atoms with Crippen molar-refractivity contribution in [3.8, 4) is 11.1 Å². The lowest BCUT2D eigenvalue weighted by Gasteiger charge is -2.02. The molecule has 3 nitrogen and oxygen atoms in total. The Hall–Kier alpha value is -1.61. The molecule has 1 aromatic heterocycles. The molecule has 3 heteroatoms. The minimum Gasteiger partial charge on any atom is -0.384 e. The second-order valence-electron chi connectivity index (χ2n) is 3.36. The summed E-state index contributed by atoms with van der Waals surface area (Å²) in [6.07, 6.45) is 4.29. The van der Waals surface area contributed by atoms with E-state index in [0.29, 0.717) is 0 Å². The molecule has 0 radical (unpaired) electrons. The van der Waals surface area contributed by atoms with Crippen LogP contribution in [0.2, 0.25) is 0 Å². The fourth-order valence-electron chi connectivity index (χ4n) is 1.47. The Morgan fingerprint density at radius 3 is 3.00 bits per heavy atom. The summed E-state index contributed by atoms with van der Waals surface area (Å²) < 4.78 is 9.86. The molecule has 0 saturated heterocycles. The number of hydrogen-bond acceptors (Lipinski definition) is 3. The largest absolute Gasteiger partial charge is 0.384 e. The number of nitrogens with zero attached hydrogens (tertiary/aromatic N) is 1. The van der Waals surface area contributed by atoms with Gasteiger partial charge >= 0.3 is 0 Å². The molecule has 15 heavy (non-hydrogen) atoms. The number of ether oxygens (including phenoxy) is 1. The van der Waals surface area contributed by atoms with Gasteiger partial charge in [-0.3, -0.25) is 0 Å². The fraction of sp³-hybridized carbons (Fsp3) is 0.250. The third kappa shape index (κ3) is 2.44. The van der Waals surface area contributed by atoms with E-state index in [4.69, 9.17) is 9.26 Å². The van der Waals surface area contributed by atoms with Crippen molar-refractivity contribution in [1.29, 1.82) is 0 Å². The number of hydrogen-bond donors (Lipinski definition) is 0. The zero-order chi connectivity index (χ0) is 10.5. The first-order chi connectivity index (χ1) is 7.40. The fourth-order valence-corrected chi connectivity index (χ4v) is 1.47. The summed E-state index contributed by atoms with van der Waals surface area (Å²) in [5.74, 6) is 0. The Bertz CT molecular complexity index is 409. The summed E-state index contributed by atoms with van der Waals surface area (Å²) in [5, 5.41) is 3.69. The quantitative estimate of drug-likeness (QED) is 0.766. The number of rotatable bonds is 4. The van der Waals surface area contributed by atoms with E-state index in [0.717, 1.165) is 24.2 Å². The molecule has 0 spiro atoms. The highest BCUT2D eigenvalue weighted by atomic mass is 16.5. The summed E-state index contributed by atoms with van der Waals surface area (Å²) in [6, 6.07) is 8.30. The minimum atomic E-state index is 0.743. The number of methoxy groups -OCH3 is 1. The van der Waals surface area contributed by atoms with Crippen molar-refractivity contribution in [2.75, 3.05) is 13.7 Å². The Morgan fingerprint density at radius 2 is 2.27 bits per heavy atom. The van der Waals surface area contributed by atoms with Crippen LogP contribution < -0.4 is 0 Å². The predicted molar refractivity (Wildman–Crippen MR) is 57.5 cm³/mol. The highest BCUT2D eigenvalue weighted by Crippen LogP contribution is 2.19. The zero-order valence-corrected chi connectivity index (χ0v) is 8.64. The van der Waals surface area contributed by atoms with Gasteiger partial charge in [0.25, 0.3) is 0 Å². The summed E-state index contributed by atoms with van der Waals surface area (Å²) in [5.41, 5.74) is 3.40. The topological polar surface area (TPSA) is 35.3 Å². The van der Waals surface area contributed by atoms with Crippen LogP contribution in [0.5, 0.6) is 0 Å². The highest BCUT2D eigenvalue weighted by Gasteiger charge is 2.01. The van der Waals surface area contributed by atoms with Gasteiger partial charge in [0.1, 0.15) is 6.26 Å². The maximum Gasteiger partial charge on any atom is 0.131 e. The Morgan fingerprint density at radius 1 is 1.33 bits per heavy atom. The maximum absolute atomic E-state index is 5.05. The maximum atomic E-state index is 5.05. The van der Waals surface area contributed by atoms with Gasteiger partial charge in [-0.05, 0) is 17.5 Å². The van der Waals surface area contributed by atoms with E-state index >= 15 is 0 Å². The first kappa shape index (κ1) is 9.93. The van der Waals surface area contributed by atoms with Crippen LogP contribution in [0, 0.1) is 0 Å². The third-order valence-corrected chi connectivity index (χ3v) is 2.29. The summed E-state index contributed by atoms with van der Waals surface area (Å²) in [4.78, 5) is 0. The second kappa shape index (κ2) is 4.75. The molecule has 2 aromatic rings. The molecule has 0 aliphatic heterocycles. The van der Waals surface area contributed by atoms with Gasteiger partial charge in [-0.2, -0.15) is 0 Å². The Kier molecular flexibility index (Phi) is 3.15. The van der Waals surface area contributed by atoms with E-state index < -0.39 is 0 Å². The van der Waals surface area contributed by atoms with Crippen LogP contribution in [0.1, 0.15) is 5.56 Å². The first-order valence-electron chi connectivity index (χ1n) is 4.88. The third-order valence-electron chi connectivity index (χ3n) is 2.29. The normalized spacial score (nSPS) is 10.5.